The number of aliphatic hydroxyl groups is 1. The standard InChI is InChI=1S/C26H29F2N3O3S/c1-17(2)13-26(33)11-12-31(14-23(26)34-21-9-7-20(28)8-10-21)15-24(32)30-25-29-22(16-35-25)18-3-5-19(27)6-4-18/h3-10,16-17,23,33H,11-15H2,1-2H3,(H,29,30,32)/t23-,26+/m0/s1. The second kappa shape index (κ2) is 10.8. The van der Waals surface area contributed by atoms with E-state index in [0.29, 0.717) is 42.5 Å². The van der Waals surface area contributed by atoms with Crippen molar-refractivity contribution in [3.05, 3.63) is 65.5 Å². The normalized spacial score (nSPS) is 20.7. The SMILES string of the molecule is CC(C)C[C@]1(O)CCN(CC(=O)Nc2nc(-c3ccc(F)cc3)cs2)C[C@@H]1Oc1ccc(F)cc1. The predicted octanol–water partition coefficient (Wildman–Crippen LogP) is 4.96. The fraction of sp³-hybridized carbons (Fsp3) is 0.385. The van der Waals surface area contributed by atoms with Gasteiger partial charge in [-0.3, -0.25) is 9.69 Å². The molecule has 2 atom stereocenters. The topological polar surface area (TPSA) is 74.7 Å². The van der Waals surface area contributed by atoms with E-state index in [2.05, 4.69) is 10.3 Å². The summed E-state index contributed by atoms with van der Waals surface area (Å²) in [6.07, 6.45) is 0.447. The van der Waals surface area contributed by atoms with Crippen LogP contribution in [0, 0.1) is 17.6 Å². The number of likely N-dealkylation sites (tertiary alicyclic amines) is 1. The fourth-order valence-corrected chi connectivity index (χ4v) is 5.10. The van der Waals surface area contributed by atoms with Crippen molar-refractivity contribution in [1.29, 1.82) is 0 Å². The first kappa shape index (κ1) is 25.2. The van der Waals surface area contributed by atoms with E-state index in [-0.39, 0.29) is 30.0 Å². The Morgan fingerprint density at radius 3 is 2.51 bits per heavy atom. The molecule has 0 radical (unpaired) electrons. The Hall–Kier alpha value is -2.88. The molecule has 186 valence electrons. The van der Waals surface area contributed by atoms with E-state index >= 15 is 0 Å². The second-order valence-electron chi connectivity index (χ2n) is 9.34. The summed E-state index contributed by atoms with van der Waals surface area (Å²) in [5.41, 5.74) is 0.383. The third-order valence-corrected chi connectivity index (χ3v) is 6.75. The number of piperidine rings is 1. The number of benzene rings is 2. The number of nitrogens with zero attached hydrogens (tertiary/aromatic N) is 2. The number of rotatable bonds is 8. The van der Waals surface area contributed by atoms with Crippen molar-refractivity contribution in [2.24, 2.45) is 5.92 Å². The van der Waals surface area contributed by atoms with Crippen LogP contribution in [0.2, 0.25) is 0 Å². The lowest BCUT2D eigenvalue weighted by Gasteiger charge is -2.44. The van der Waals surface area contributed by atoms with Crippen LogP contribution in [-0.2, 0) is 4.79 Å². The number of halogens is 2. The quantitative estimate of drug-likeness (QED) is 0.457. The van der Waals surface area contributed by atoms with E-state index in [1.54, 1.807) is 12.1 Å². The number of thiazole rings is 1. The summed E-state index contributed by atoms with van der Waals surface area (Å²) in [5, 5.41) is 16.5. The molecule has 1 aromatic heterocycles. The summed E-state index contributed by atoms with van der Waals surface area (Å²) < 4.78 is 32.6. The molecule has 2 N–H and O–H groups in total. The van der Waals surface area contributed by atoms with Crippen molar-refractivity contribution < 1.29 is 23.4 Å². The minimum absolute atomic E-state index is 0.118. The van der Waals surface area contributed by atoms with E-state index < -0.39 is 11.7 Å². The molecule has 0 bridgehead atoms. The van der Waals surface area contributed by atoms with Crippen LogP contribution in [0.25, 0.3) is 11.3 Å². The van der Waals surface area contributed by atoms with Crippen LogP contribution in [0.5, 0.6) is 5.75 Å². The van der Waals surface area contributed by atoms with Crippen molar-refractivity contribution in [1.82, 2.24) is 9.88 Å². The first-order chi connectivity index (χ1) is 16.7. The highest BCUT2D eigenvalue weighted by molar-refractivity contribution is 7.14. The molecule has 1 aliphatic rings. The van der Waals surface area contributed by atoms with Gasteiger partial charge in [-0.25, -0.2) is 13.8 Å². The van der Waals surface area contributed by atoms with Gasteiger partial charge in [0.1, 0.15) is 29.1 Å². The summed E-state index contributed by atoms with van der Waals surface area (Å²) in [6.45, 7) is 5.10. The van der Waals surface area contributed by atoms with Crippen LogP contribution in [0.1, 0.15) is 26.7 Å². The smallest absolute Gasteiger partial charge is 0.240 e. The highest BCUT2D eigenvalue weighted by Gasteiger charge is 2.43. The summed E-state index contributed by atoms with van der Waals surface area (Å²) in [4.78, 5) is 19.1. The van der Waals surface area contributed by atoms with Crippen molar-refractivity contribution >= 4 is 22.4 Å². The predicted molar refractivity (Wildman–Crippen MR) is 132 cm³/mol. The molecule has 0 spiro atoms. The number of carbonyl (C=O) groups excluding carboxylic acids is 1. The number of anilines is 1. The minimum Gasteiger partial charge on any atom is -0.486 e. The number of ether oxygens (including phenoxy) is 1. The zero-order valence-corrected chi connectivity index (χ0v) is 20.5. The van der Waals surface area contributed by atoms with Gasteiger partial charge in [-0.15, -0.1) is 11.3 Å². The van der Waals surface area contributed by atoms with Gasteiger partial charge in [-0.1, -0.05) is 13.8 Å². The van der Waals surface area contributed by atoms with Gasteiger partial charge in [-0.2, -0.15) is 0 Å². The lowest BCUT2D eigenvalue weighted by molar-refractivity contribution is -0.129. The Balaban J connectivity index is 1.39. The van der Waals surface area contributed by atoms with Crippen LogP contribution >= 0.6 is 11.3 Å². The van der Waals surface area contributed by atoms with Gasteiger partial charge in [0.25, 0.3) is 0 Å². The zero-order valence-electron chi connectivity index (χ0n) is 19.7. The first-order valence-corrected chi connectivity index (χ1v) is 12.5. The molecule has 4 rings (SSSR count). The average Bonchev–Trinajstić information content (AvgIpc) is 3.26. The highest BCUT2D eigenvalue weighted by Crippen LogP contribution is 2.32. The molecule has 2 aromatic carbocycles. The van der Waals surface area contributed by atoms with Crippen molar-refractivity contribution in [2.45, 2.75) is 38.4 Å². The summed E-state index contributed by atoms with van der Waals surface area (Å²) in [5.74, 6) is -0.169. The fourth-order valence-electron chi connectivity index (χ4n) is 4.36. The number of nitrogens with one attached hydrogen (secondary N) is 1. The second-order valence-corrected chi connectivity index (χ2v) is 10.2. The Morgan fingerprint density at radius 1 is 1.20 bits per heavy atom. The minimum atomic E-state index is -1.05. The van der Waals surface area contributed by atoms with E-state index in [9.17, 15) is 18.7 Å². The molecule has 0 saturated carbocycles. The van der Waals surface area contributed by atoms with Crippen LogP contribution in [-0.4, -0.2) is 52.2 Å². The number of carbonyl (C=O) groups is 1. The third kappa shape index (κ3) is 6.62. The van der Waals surface area contributed by atoms with Gasteiger partial charge in [-0.05, 0) is 67.3 Å². The molecule has 1 saturated heterocycles. The molecule has 1 aliphatic heterocycles. The third-order valence-electron chi connectivity index (χ3n) is 6.00. The maximum absolute atomic E-state index is 13.3. The van der Waals surface area contributed by atoms with Gasteiger partial charge in [0.05, 0.1) is 12.2 Å². The number of hydrogen-bond donors (Lipinski definition) is 2. The molecule has 2 heterocycles. The molecule has 1 fully saturated rings. The monoisotopic (exact) mass is 501 g/mol. The van der Waals surface area contributed by atoms with E-state index in [1.165, 1.54) is 47.7 Å². The Morgan fingerprint density at radius 2 is 1.86 bits per heavy atom. The van der Waals surface area contributed by atoms with Crippen molar-refractivity contribution in [3.8, 4) is 17.0 Å². The van der Waals surface area contributed by atoms with Crippen LogP contribution in [0.3, 0.4) is 0 Å². The molecule has 35 heavy (non-hydrogen) atoms. The summed E-state index contributed by atoms with van der Waals surface area (Å²) in [6, 6.07) is 11.7. The maximum atomic E-state index is 13.3. The molecule has 6 nitrogen and oxygen atoms in total. The largest absolute Gasteiger partial charge is 0.486 e. The van der Waals surface area contributed by atoms with Gasteiger partial charge < -0.3 is 15.2 Å². The lowest BCUT2D eigenvalue weighted by atomic mass is 9.81. The summed E-state index contributed by atoms with van der Waals surface area (Å²) in [7, 11) is 0. The van der Waals surface area contributed by atoms with Crippen LogP contribution in [0.4, 0.5) is 13.9 Å². The summed E-state index contributed by atoms with van der Waals surface area (Å²) >= 11 is 1.30. The van der Waals surface area contributed by atoms with Gasteiger partial charge in [0.15, 0.2) is 5.13 Å². The van der Waals surface area contributed by atoms with E-state index in [0.717, 1.165) is 5.56 Å². The molecular formula is C26H29F2N3O3S. The highest BCUT2D eigenvalue weighted by atomic mass is 32.1. The van der Waals surface area contributed by atoms with Gasteiger partial charge >= 0.3 is 0 Å². The number of amides is 1. The maximum Gasteiger partial charge on any atom is 0.240 e. The zero-order chi connectivity index (χ0) is 25.0. The van der Waals surface area contributed by atoms with Gasteiger partial charge in [0.2, 0.25) is 5.91 Å². The van der Waals surface area contributed by atoms with E-state index in [1.807, 2.05) is 24.1 Å². The van der Waals surface area contributed by atoms with Crippen molar-refractivity contribution in [3.63, 3.8) is 0 Å². The molecule has 1 amide bonds. The van der Waals surface area contributed by atoms with Crippen LogP contribution in [0.15, 0.2) is 53.9 Å². The Labute approximate surface area is 207 Å². The Bertz CT molecular complexity index is 1140. The van der Waals surface area contributed by atoms with Crippen LogP contribution < -0.4 is 10.1 Å². The molecular weight excluding hydrogens is 472 g/mol. The van der Waals surface area contributed by atoms with Crippen molar-refractivity contribution in [2.75, 3.05) is 25.0 Å². The molecule has 0 unspecified atom stereocenters. The van der Waals surface area contributed by atoms with Gasteiger partial charge in [0, 0.05) is 24.0 Å². The lowest BCUT2D eigenvalue weighted by Crippen LogP contribution is -2.59. The number of hydrogen-bond acceptors (Lipinski definition) is 6. The average molecular weight is 502 g/mol. The molecule has 3 aromatic rings. The first-order valence-electron chi connectivity index (χ1n) is 11.6. The number of aromatic nitrogens is 1. The molecule has 0 aliphatic carbocycles. The van der Waals surface area contributed by atoms with E-state index in [4.69, 9.17) is 4.74 Å². The Kier molecular flexibility index (Phi) is 7.78. The molecule has 9 heteroatoms.